The Hall–Kier alpha value is -2.45. The largest absolute Gasteiger partial charge is 0.369 e. The minimum absolute atomic E-state index is 0.0477. The third-order valence-corrected chi connectivity index (χ3v) is 7.44. The van der Waals surface area contributed by atoms with Crippen LogP contribution in [-0.2, 0) is 14.3 Å². The number of piperazine rings is 1. The van der Waals surface area contributed by atoms with E-state index in [2.05, 4.69) is 22.0 Å². The number of carbonyl (C=O) groups excluding carboxylic acids is 3. The molecule has 3 aliphatic heterocycles. The summed E-state index contributed by atoms with van der Waals surface area (Å²) < 4.78 is 5.63. The van der Waals surface area contributed by atoms with Gasteiger partial charge in [-0.05, 0) is 49.6 Å². The highest BCUT2D eigenvalue weighted by atomic mass is 16.5. The van der Waals surface area contributed by atoms with Crippen molar-refractivity contribution >= 4 is 23.3 Å². The zero-order valence-electron chi connectivity index (χ0n) is 21.5. The number of nitrogens with zero attached hydrogens (tertiary/aromatic N) is 3. The van der Waals surface area contributed by atoms with E-state index in [9.17, 15) is 14.4 Å². The minimum Gasteiger partial charge on any atom is -0.369 e. The Bertz CT molecular complexity index is 910. The predicted octanol–water partition coefficient (Wildman–Crippen LogP) is 2.18. The zero-order valence-corrected chi connectivity index (χ0v) is 21.5. The lowest BCUT2D eigenvalue weighted by atomic mass is 10.0. The van der Waals surface area contributed by atoms with Crippen LogP contribution in [0.1, 0.15) is 50.9 Å². The molecule has 0 aliphatic carbocycles. The number of amides is 2. The van der Waals surface area contributed by atoms with E-state index in [1.54, 1.807) is 4.90 Å². The van der Waals surface area contributed by atoms with Gasteiger partial charge in [-0.15, -0.1) is 0 Å². The number of ether oxygens (including phenoxy) is 1. The maximum absolute atomic E-state index is 13.5. The molecule has 8 heteroatoms. The summed E-state index contributed by atoms with van der Waals surface area (Å²) in [7, 11) is 0. The smallest absolute Gasteiger partial charge is 0.251 e. The lowest BCUT2D eigenvalue weighted by molar-refractivity contribution is -0.138. The SMILES string of the molecule is CCCN1CCN(c2ccc(C(=O)NC(CC(C)C)C(=O)N3C[C@H](C)[C@H]4OCC(=O)[C@H]43)cc2)CC1. The Morgan fingerprint density at radius 3 is 2.43 bits per heavy atom. The van der Waals surface area contributed by atoms with E-state index >= 15 is 0 Å². The monoisotopic (exact) mass is 484 g/mol. The van der Waals surface area contributed by atoms with Crippen LogP contribution in [0, 0.1) is 11.8 Å². The van der Waals surface area contributed by atoms with Gasteiger partial charge in [-0.25, -0.2) is 0 Å². The molecule has 1 aromatic rings. The van der Waals surface area contributed by atoms with Crippen molar-refractivity contribution in [1.29, 1.82) is 0 Å². The van der Waals surface area contributed by atoms with Crippen molar-refractivity contribution in [1.82, 2.24) is 15.1 Å². The summed E-state index contributed by atoms with van der Waals surface area (Å²) >= 11 is 0. The second-order valence-electron chi connectivity index (χ2n) is 10.7. The molecule has 0 aromatic heterocycles. The molecule has 0 radical (unpaired) electrons. The molecular weight excluding hydrogens is 444 g/mol. The number of hydrogen-bond donors (Lipinski definition) is 1. The molecule has 3 aliphatic rings. The van der Waals surface area contributed by atoms with Gasteiger partial charge in [-0.3, -0.25) is 19.3 Å². The number of rotatable bonds is 8. The van der Waals surface area contributed by atoms with Crippen LogP contribution in [0.25, 0.3) is 0 Å². The van der Waals surface area contributed by atoms with Crippen LogP contribution in [0.5, 0.6) is 0 Å². The van der Waals surface area contributed by atoms with Gasteiger partial charge in [0.25, 0.3) is 5.91 Å². The molecule has 0 saturated carbocycles. The van der Waals surface area contributed by atoms with Gasteiger partial charge >= 0.3 is 0 Å². The number of hydrogen-bond acceptors (Lipinski definition) is 6. The van der Waals surface area contributed by atoms with Gasteiger partial charge in [0.05, 0.1) is 6.10 Å². The summed E-state index contributed by atoms with van der Waals surface area (Å²) in [5.74, 6) is -0.187. The Morgan fingerprint density at radius 1 is 1.11 bits per heavy atom. The van der Waals surface area contributed by atoms with Crippen LogP contribution in [-0.4, -0.2) is 91.5 Å². The van der Waals surface area contributed by atoms with Crippen molar-refractivity contribution < 1.29 is 19.1 Å². The number of carbonyl (C=O) groups is 3. The highest BCUT2D eigenvalue weighted by Gasteiger charge is 2.51. The number of benzene rings is 1. The number of Topliss-reactive ketones (excluding diaryl/α,β-unsaturated/α-hetero) is 1. The summed E-state index contributed by atoms with van der Waals surface area (Å²) in [4.78, 5) is 45.5. The van der Waals surface area contributed by atoms with E-state index in [1.165, 1.54) is 6.42 Å². The highest BCUT2D eigenvalue weighted by Crippen LogP contribution is 2.32. The summed E-state index contributed by atoms with van der Waals surface area (Å²) in [6, 6.07) is 6.45. The van der Waals surface area contributed by atoms with Gasteiger partial charge in [0.15, 0.2) is 5.78 Å². The molecule has 2 amide bonds. The van der Waals surface area contributed by atoms with Crippen molar-refractivity contribution in [3.8, 4) is 0 Å². The average Bonchev–Trinajstić information content (AvgIpc) is 3.39. The Morgan fingerprint density at radius 2 is 1.80 bits per heavy atom. The molecule has 1 N–H and O–H groups in total. The second-order valence-corrected chi connectivity index (χ2v) is 10.7. The number of fused-ring (bicyclic) bond motifs is 1. The lowest BCUT2D eigenvalue weighted by Gasteiger charge is -2.36. The molecule has 1 aromatic carbocycles. The van der Waals surface area contributed by atoms with Crippen molar-refractivity contribution in [3.63, 3.8) is 0 Å². The zero-order chi connectivity index (χ0) is 25.1. The van der Waals surface area contributed by atoms with Gasteiger partial charge in [0, 0.05) is 49.9 Å². The van der Waals surface area contributed by atoms with Crippen molar-refractivity contribution in [2.24, 2.45) is 11.8 Å². The van der Waals surface area contributed by atoms with E-state index in [0.717, 1.165) is 38.4 Å². The quantitative estimate of drug-likeness (QED) is 0.609. The van der Waals surface area contributed by atoms with Gasteiger partial charge in [-0.1, -0.05) is 27.7 Å². The first-order valence-electron chi connectivity index (χ1n) is 13.1. The first-order chi connectivity index (χ1) is 16.8. The van der Waals surface area contributed by atoms with Gasteiger partial charge in [-0.2, -0.15) is 0 Å². The van der Waals surface area contributed by atoms with Gasteiger partial charge < -0.3 is 19.9 Å². The Labute approximate surface area is 209 Å². The average molecular weight is 485 g/mol. The van der Waals surface area contributed by atoms with Gasteiger partial charge in [0.1, 0.15) is 18.7 Å². The fourth-order valence-corrected chi connectivity index (χ4v) is 5.62. The van der Waals surface area contributed by atoms with Crippen LogP contribution in [0.2, 0.25) is 0 Å². The maximum Gasteiger partial charge on any atom is 0.251 e. The predicted molar refractivity (Wildman–Crippen MR) is 136 cm³/mol. The van der Waals surface area contributed by atoms with Crippen molar-refractivity contribution in [2.45, 2.75) is 58.7 Å². The first-order valence-corrected chi connectivity index (χ1v) is 13.1. The Kier molecular flexibility index (Phi) is 8.12. The molecular formula is C27H40N4O4. The number of nitrogens with one attached hydrogen (secondary N) is 1. The molecule has 8 nitrogen and oxygen atoms in total. The van der Waals surface area contributed by atoms with E-state index < -0.39 is 12.1 Å². The minimum atomic E-state index is -0.673. The fraction of sp³-hybridized carbons (Fsp3) is 0.667. The molecule has 0 bridgehead atoms. The third-order valence-electron chi connectivity index (χ3n) is 7.44. The maximum atomic E-state index is 13.5. The molecule has 3 heterocycles. The van der Waals surface area contributed by atoms with Crippen molar-refractivity contribution in [2.75, 3.05) is 50.8 Å². The fourth-order valence-electron chi connectivity index (χ4n) is 5.62. The van der Waals surface area contributed by atoms with Crippen LogP contribution < -0.4 is 10.2 Å². The van der Waals surface area contributed by atoms with Crippen molar-refractivity contribution in [3.05, 3.63) is 29.8 Å². The normalized spacial score (nSPS) is 25.7. The summed E-state index contributed by atoms with van der Waals surface area (Å²) in [6.45, 7) is 14.0. The molecule has 4 atom stereocenters. The molecule has 35 heavy (non-hydrogen) atoms. The molecule has 0 spiro atoms. The lowest BCUT2D eigenvalue weighted by Crippen LogP contribution is -2.52. The van der Waals surface area contributed by atoms with Crippen LogP contribution in [0.4, 0.5) is 5.69 Å². The topological polar surface area (TPSA) is 82.2 Å². The molecule has 4 rings (SSSR count). The third kappa shape index (κ3) is 5.70. The number of ketones is 1. The van der Waals surface area contributed by atoms with Crippen LogP contribution >= 0.6 is 0 Å². The van der Waals surface area contributed by atoms with Crippen LogP contribution in [0.3, 0.4) is 0 Å². The molecule has 1 unspecified atom stereocenters. The molecule has 3 fully saturated rings. The highest BCUT2D eigenvalue weighted by molar-refractivity contribution is 5.99. The van der Waals surface area contributed by atoms with Gasteiger partial charge in [0.2, 0.25) is 5.91 Å². The second kappa shape index (κ2) is 11.1. The van der Waals surface area contributed by atoms with E-state index in [-0.39, 0.29) is 42.1 Å². The van der Waals surface area contributed by atoms with Crippen LogP contribution in [0.15, 0.2) is 24.3 Å². The Balaban J connectivity index is 1.40. The van der Waals surface area contributed by atoms with E-state index in [0.29, 0.717) is 18.5 Å². The molecule has 192 valence electrons. The molecule has 3 saturated heterocycles. The van der Waals surface area contributed by atoms with E-state index in [1.807, 2.05) is 45.0 Å². The first kappa shape index (κ1) is 25.6. The summed E-state index contributed by atoms with van der Waals surface area (Å²) in [6.07, 6.45) is 1.45. The summed E-state index contributed by atoms with van der Waals surface area (Å²) in [5, 5.41) is 2.97. The number of likely N-dealkylation sites (tertiary alicyclic amines) is 1. The van der Waals surface area contributed by atoms with E-state index in [4.69, 9.17) is 4.74 Å². The number of anilines is 1. The summed E-state index contributed by atoms with van der Waals surface area (Å²) in [5.41, 5.74) is 1.65. The standard InChI is InChI=1S/C27H40N4O4/c1-5-10-29-11-13-30(14-12-29)21-8-6-20(7-9-21)26(33)28-22(15-18(2)3)27(34)31-16-19(4)25-24(31)23(32)17-35-25/h6-9,18-19,22,24-25H,5,10-17H2,1-4H3,(H,28,33)/t19-,22?,24+,25+/m0/s1.